The van der Waals surface area contributed by atoms with E-state index in [0.29, 0.717) is 40.4 Å². The Morgan fingerprint density at radius 3 is 2.94 bits per heavy atom. The van der Waals surface area contributed by atoms with E-state index >= 15 is 0 Å². The maximum absolute atomic E-state index is 13.5. The van der Waals surface area contributed by atoms with E-state index < -0.39 is 0 Å². The topological polar surface area (TPSA) is 66.6 Å². The molecule has 0 spiro atoms. The van der Waals surface area contributed by atoms with E-state index in [1.807, 2.05) is 31.2 Å². The van der Waals surface area contributed by atoms with Gasteiger partial charge in [-0.15, -0.1) is 11.3 Å². The van der Waals surface area contributed by atoms with Crippen LogP contribution in [0, 0.1) is 5.92 Å². The van der Waals surface area contributed by atoms with Gasteiger partial charge in [-0.1, -0.05) is 26.0 Å². The number of para-hydroxylation sites is 1. The van der Waals surface area contributed by atoms with E-state index in [1.165, 1.54) is 24.0 Å². The second-order valence-electron chi connectivity index (χ2n) is 8.54. The number of hydrogen-bond acceptors (Lipinski definition) is 6. The first-order valence-corrected chi connectivity index (χ1v) is 11.7. The van der Waals surface area contributed by atoms with Crippen molar-refractivity contribution in [2.45, 2.75) is 39.7 Å². The highest BCUT2D eigenvalue weighted by molar-refractivity contribution is 7.21. The number of benzene rings is 2. The third kappa shape index (κ3) is 3.64. The van der Waals surface area contributed by atoms with Crippen molar-refractivity contribution in [2.24, 2.45) is 5.92 Å². The first-order chi connectivity index (χ1) is 15.0. The number of aromatic nitrogens is 1. The summed E-state index contributed by atoms with van der Waals surface area (Å²) in [7, 11) is 0. The van der Waals surface area contributed by atoms with Gasteiger partial charge in [0.05, 0.1) is 26.7 Å². The zero-order valence-electron chi connectivity index (χ0n) is 17.9. The first kappa shape index (κ1) is 20.2. The molecule has 1 N–H and O–H groups in total. The van der Waals surface area contributed by atoms with E-state index in [-0.39, 0.29) is 11.2 Å². The van der Waals surface area contributed by atoms with Crippen molar-refractivity contribution >= 4 is 32.5 Å². The molecule has 0 aliphatic carbocycles. The van der Waals surface area contributed by atoms with Crippen LogP contribution in [0.5, 0.6) is 5.75 Å². The number of likely N-dealkylation sites (tertiary alicyclic amines) is 1. The monoisotopic (exact) mass is 434 g/mol. The molecule has 6 heteroatoms. The third-order valence-electron chi connectivity index (χ3n) is 6.24. The highest BCUT2D eigenvalue weighted by Gasteiger charge is 2.23. The molecule has 1 fully saturated rings. The van der Waals surface area contributed by atoms with Crippen LogP contribution in [0.15, 0.2) is 45.8 Å². The van der Waals surface area contributed by atoms with E-state index in [2.05, 4.69) is 16.8 Å². The Kier molecular flexibility index (Phi) is 5.28. The van der Waals surface area contributed by atoms with Gasteiger partial charge in [0.15, 0.2) is 0 Å². The van der Waals surface area contributed by atoms with Crippen molar-refractivity contribution in [3.63, 3.8) is 0 Å². The molecule has 2 aromatic carbocycles. The molecule has 0 bridgehead atoms. The minimum atomic E-state index is -0.0942. The molecular formula is C25H26N2O3S. The van der Waals surface area contributed by atoms with Gasteiger partial charge in [-0.25, -0.2) is 4.98 Å². The maximum Gasteiger partial charge on any atom is 0.202 e. The molecule has 5 rings (SSSR count). The molecule has 160 valence electrons. The van der Waals surface area contributed by atoms with Crippen LogP contribution in [0.25, 0.3) is 31.8 Å². The fourth-order valence-electron chi connectivity index (χ4n) is 4.60. The summed E-state index contributed by atoms with van der Waals surface area (Å²) in [6, 6.07) is 9.65. The zero-order chi connectivity index (χ0) is 21.5. The Bertz CT molecular complexity index is 1290. The number of nitrogens with zero attached hydrogens (tertiary/aromatic N) is 2. The Hall–Kier alpha value is -2.70. The van der Waals surface area contributed by atoms with Crippen LogP contribution in [0.4, 0.5) is 0 Å². The van der Waals surface area contributed by atoms with Crippen LogP contribution in [0.2, 0.25) is 0 Å². The summed E-state index contributed by atoms with van der Waals surface area (Å²) in [5, 5.41) is 12.1. The number of hydrogen-bond donors (Lipinski definition) is 1. The van der Waals surface area contributed by atoms with Gasteiger partial charge in [0.25, 0.3) is 0 Å². The lowest BCUT2D eigenvalue weighted by Crippen LogP contribution is -2.33. The predicted octanol–water partition coefficient (Wildman–Crippen LogP) is 5.57. The van der Waals surface area contributed by atoms with Gasteiger partial charge in [0.2, 0.25) is 5.43 Å². The lowest BCUT2D eigenvalue weighted by atomic mass is 9.97. The summed E-state index contributed by atoms with van der Waals surface area (Å²) in [6.07, 6.45) is 4.55. The molecule has 1 atom stereocenters. The summed E-state index contributed by atoms with van der Waals surface area (Å²) in [6.45, 7) is 6.83. The number of piperidine rings is 1. The summed E-state index contributed by atoms with van der Waals surface area (Å²) >= 11 is 1.49. The molecule has 4 aromatic rings. The van der Waals surface area contributed by atoms with Gasteiger partial charge >= 0.3 is 0 Å². The molecule has 2 aromatic heterocycles. The molecule has 0 saturated carbocycles. The highest BCUT2D eigenvalue weighted by atomic mass is 32.1. The Morgan fingerprint density at radius 1 is 1.32 bits per heavy atom. The average Bonchev–Trinajstić information content (AvgIpc) is 3.20. The fourth-order valence-corrected chi connectivity index (χ4v) is 5.56. The first-order valence-electron chi connectivity index (χ1n) is 10.9. The molecule has 0 amide bonds. The Labute approximate surface area is 185 Å². The molecule has 0 unspecified atom stereocenters. The standard InChI is InChI=1S/C25H26N2O3S/c1-3-16-11-17-23(29)19(25-26-20-8-4-5-9-21(20)31-25)14-30-24(17)18(22(16)28)13-27-10-6-7-15(2)12-27/h4-5,8-9,11,14-15,28H,3,6-7,10,12-13H2,1-2H3/t15-/m1/s1. The molecular weight excluding hydrogens is 408 g/mol. The van der Waals surface area contributed by atoms with Crippen molar-refractivity contribution in [2.75, 3.05) is 13.1 Å². The third-order valence-corrected chi connectivity index (χ3v) is 7.31. The van der Waals surface area contributed by atoms with E-state index in [0.717, 1.165) is 40.9 Å². The van der Waals surface area contributed by atoms with Gasteiger partial charge in [0.1, 0.15) is 22.6 Å². The molecule has 0 radical (unpaired) electrons. The molecule has 3 heterocycles. The molecule has 1 aliphatic heterocycles. The van der Waals surface area contributed by atoms with E-state index in [9.17, 15) is 9.90 Å². The van der Waals surface area contributed by atoms with E-state index in [4.69, 9.17) is 4.42 Å². The Balaban J connectivity index is 1.65. The number of thiazole rings is 1. The number of phenols is 1. The van der Waals surface area contributed by atoms with Crippen LogP contribution >= 0.6 is 11.3 Å². The number of rotatable bonds is 4. The minimum absolute atomic E-state index is 0.0942. The SMILES string of the molecule is CCc1cc2c(=O)c(-c3nc4ccccc4s3)coc2c(CN2CCC[C@@H](C)C2)c1O. The smallest absolute Gasteiger partial charge is 0.202 e. The van der Waals surface area contributed by atoms with Crippen molar-refractivity contribution < 1.29 is 9.52 Å². The van der Waals surface area contributed by atoms with Gasteiger partial charge in [-0.05, 0) is 55.5 Å². The summed E-state index contributed by atoms with van der Waals surface area (Å²) in [5.74, 6) is 0.887. The maximum atomic E-state index is 13.5. The summed E-state index contributed by atoms with van der Waals surface area (Å²) < 4.78 is 7.07. The van der Waals surface area contributed by atoms with Crippen molar-refractivity contribution in [3.8, 4) is 16.3 Å². The normalized spacial score (nSPS) is 17.5. The lowest BCUT2D eigenvalue weighted by molar-refractivity contribution is 0.175. The molecule has 5 nitrogen and oxygen atoms in total. The quantitative estimate of drug-likeness (QED) is 0.455. The number of aryl methyl sites for hydroxylation is 1. The predicted molar refractivity (Wildman–Crippen MR) is 126 cm³/mol. The Morgan fingerprint density at radius 2 is 2.16 bits per heavy atom. The van der Waals surface area contributed by atoms with Gasteiger partial charge < -0.3 is 9.52 Å². The number of phenolic OH excluding ortho intramolecular Hbond substituents is 1. The second kappa shape index (κ2) is 8.09. The number of fused-ring (bicyclic) bond motifs is 2. The van der Waals surface area contributed by atoms with Crippen molar-refractivity contribution in [3.05, 3.63) is 57.9 Å². The van der Waals surface area contributed by atoms with Gasteiger partial charge in [-0.3, -0.25) is 9.69 Å². The van der Waals surface area contributed by atoms with Crippen molar-refractivity contribution in [1.29, 1.82) is 0 Å². The van der Waals surface area contributed by atoms with Crippen LogP contribution in [-0.4, -0.2) is 28.1 Å². The van der Waals surface area contributed by atoms with Crippen molar-refractivity contribution in [1.82, 2.24) is 9.88 Å². The van der Waals surface area contributed by atoms with Crippen LogP contribution < -0.4 is 5.43 Å². The molecule has 31 heavy (non-hydrogen) atoms. The van der Waals surface area contributed by atoms with E-state index in [1.54, 1.807) is 6.07 Å². The zero-order valence-corrected chi connectivity index (χ0v) is 18.7. The van der Waals surface area contributed by atoms with Gasteiger partial charge in [-0.2, -0.15) is 0 Å². The lowest BCUT2D eigenvalue weighted by Gasteiger charge is -2.31. The molecule has 1 aliphatic rings. The second-order valence-corrected chi connectivity index (χ2v) is 9.57. The largest absolute Gasteiger partial charge is 0.507 e. The summed E-state index contributed by atoms with van der Waals surface area (Å²) in [5.41, 5.74) is 3.24. The highest BCUT2D eigenvalue weighted by Crippen LogP contribution is 2.35. The average molecular weight is 435 g/mol. The minimum Gasteiger partial charge on any atom is -0.507 e. The number of aromatic hydroxyl groups is 1. The van der Waals surface area contributed by atoms with Crippen LogP contribution in [0.3, 0.4) is 0 Å². The summed E-state index contributed by atoms with van der Waals surface area (Å²) in [4.78, 5) is 20.5. The van der Waals surface area contributed by atoms with Crippen LogP contribution in [-0.2, 0) is 13.0 Å². The molecule has 1 saturated heterocycles. The fraction of sp³-hybridized carbons (Fsp3) is 0.360. The van der Waals surface area contributed by atoms with Gasteiger partial charge in [0, 0.05) is 13.1 Å². The van der Waals surface area contributed by atoms with Crippen LogP contribution in [0.1, 0.15) is 37.8 Å².